The summed E-state index contributed by atoms with van der Waals surface area (Å²) in [6.07, 6.45) is 0. The van der Waals surface area contributed by atoms with Crippen LogP contribution < -0.4 is 0 Å². The third-order valence-corrected chi connectivity index (χ3v) is 5.65. The molecule has 0 aliphatic heterocycles. The normalized spacial score (nSPS) is 11.8. The lowest BCUT2D eigenvalue weighted by molar-refractivity contribution is 0.948. The van der Waals surface area contributed by atoms with Crippen LogP contribution in [0.4, 0.5) is 0 Å². The maximum Gasteiger partial charge on any atom is 0.126 e. The van der Waals surface area contributed by atoms with Crippen molar-refractivity contribution in [1.82, 2.24) is 29.9 Å². The molecular weight excluding hydrogens is 421 g/mol. The van der Waals surface area contributed by atoms with E-state index in [2.05, 4.69) is 106 Å². The first-order valence-electron chi connectivity index (χ1n) is 6.27. The molecule has 6 nitrogen and oxygen atoms in total. The van der Waals surface area contributed by atoms with Crippen LogP contribution in [0.1, 0.15) is 0 Å². The quantitative estimate of drug-likeness (QED) is 0.191. The lowest BCUT2D eigenvalue weighted by Crippen LogP contribution is -2.00. The Balaban J connectivity index is 2.40. The van der Waals surface area contributed by atoms with Gasteiger partial charge in [0.2, 0.25) is 0 Å². The summed E-state index contributed by atoms with van der Waals surface area (Å²) in [4.78, 5) is 26.6. The summed E-state index contributed by atoms with van der Waals surface area (Å²) in [6, 6.07) is 0. The molecule has 0 amide bonds. The van der Waals surface area contributed by atoms with Gasteiger partial charge in [0, 0.05) is 0 Å². The van der Waals surface area contributed by atoms with E-state index in [1.165, 1.54) is 0 Å². The molecule has 0 fully saturated rings. The molecule has 0 spiro atoms. The van der Waals surface area contributed by atoms with E-state index in [0.717, 1.165) is 0 Å². The van der Waals surface area contributed by atoms with Gasteiger partial charge < -0.3 is 0 Å². The molecule has 0 radical (unpaired) electrons. The third kappa shape index (κ3) is 2.51. The van der Waals surface area contributed by atoms with Gasteiger partial charge in [-0.05, 0) is 0 Å². The van der Waals surface area contributed by atoms with E-state index in [9.17, 15) is 0 Å². The monoisotopic (exact) mass is 426 g/mol. The van der Waals surface area contributed by atoms with Crippen molar-refractivity contribution >= 4 is 109 Å². The van der Waals surface area contributed by atoms with Gasteiger partial charge in [-0.25, -0.2) is 29.9 Å². The number of aromatic nitrogens is 6. The highest BCUT2D eigenvalue weighted by Gasteiger charge is 2.19. The standard InChI is InChI=1S/C12H6N6S6/c19-7-8(20)14-2-1(13-7)3-5(16-10(22)9(21)15-3)6-4(2)17-11(23)12(24)18-6/h(H,13,19)(H,14,20)(H,15,21)(H,16,22)(H,17,23)(H,18,24). The average molecular weight is 427 g/mol. The van der Waals surface area contributed by atoms with Gasteiger partial charge in [0.15, 0.2) is 0 Å². The van der Waals surface area contributed by atoms with Gasteiger partial charge in [0.05, 0.1) is 0 Å². The maximum atomic E-state index is 4.43. The van der Waals surface area contributed by atoms with E-state index in [1.807, 2.05) is 0 Å². The Hall–Kier alpha value is -0.660. The van der Waals surface area contributed by atoms with Crippen LogP contribution in [-0.4, -0.2) is 29.9 Å². The molecule has 0 aliphatic rings. The zero-order chi connectivity index (χ0) is 17.2. The molecule has 24 heavy (non-hydrogen) atoms. The second kappa shape index (κ2) is 5.95. The van der Waals surface area contributed by atoms with Crippen molar-refractivity contribution in [3.8, 4) is 0 Å². The van der Waals surface area contributed by atoms with E-state index in [0.29, 0.717) is 63.3 Å². The summed E-state index contributed by atoms with van der Waals surface area (Å²) < 4.78 is 0. The fourth-order valence-electron chi connectivity index (χ4n) is 2.24. The minimum absolute atomic E-state index is 0.369. The molecule has 4 aromatic rings. The summed E-state index contributed by atoms with van der Waals surface area (Å²) >= 11 is 25.7. The Bertz CT molecular complexity index is 913. The first-order valence-corrected chi connectivity index (χ1v) is 8.96. The molecule has 0 saturated heterocycles. The van der Waals surface area contributed by atoms with Crippen LogP contribution in [0.25, 0.3) is 33.1 Å². The van der Waals surface area contributed by atoms with Crippen LogP contribution >= 0.6 is 75.8 Å². The molecule has 3 heterocycles. The predicted octanol–water partition coefficient (Wildman–Crippen LogP) is 3.25. The number of nitrogens with zero attached hydrogens (tertiary/aromatic N) is 6. The molecule has 1 aromatic carbocycles. The molecular formula is C12H6N6S6. The molecule has 12 heteroatoms. The molecule has 0 N–H and O–H groups in total. The zero-order valence-electron chi connectivity index (χ0n) is 11.4. The minimum atomic E-state index is 0.369. The van der Waals surface area contributed by atoms with Crippen molar-refractivity contribution < 1.29 is 0 Å². The molecule has 0 unspecified atom stereocenters. The van der Waals surface area contributed by atoms with Gasteiger partial charge in [-0.15, -0.1) is 75.8 Å². The summed E-state index contributed by atoms with van der Waals surface area (Å²) in [7, 11) is 0. The van der Waals surface area contributed by atoms with Gasteiger partial charge in [0.25, 0.3) is 0 Å². The number of thiol groups is 6. The van der Waals surface area contributed by atoms with Crippen molar-refractivity contribution in [2.45, 2.75) is 30.2 Å². The fourth-order valence-corrected chi connectivity index (χ4v) is 3.14. The third-order valence-electron chi connectivity index (χ3n) is 3.25. The van der Waals surface area contributed by atoms with Crippen LogP contribution in [0.5, 0.6) is 0 Å². The molecule has 4 rings (SSSR count). The average Bonchev–Trinajstić information content (AvgIpc) is 2.53. The van der Waals surface area contributed by atoms with E-state index in [-0.39, 0.29) is 0 Å². The van der Waals surface area contributed by atoms with Gasteiger partial charge in [0.1, 0.15) is 63.3 Å². The second-order valence-electron chi connectivity index (χ2n) is 4.70. The number of hydrogen-bond donors (Lipinski definition) is 6. The summed E-state index contributed by atoms with van der Waals surface area (Å²) in [5, 5.41) is 2.22. The van der Waals surface area contributed by atoms with Gasteiger partial charge >= 0.3 is 0 Å². The van der Waals surface area contributed by atoms with Crippen LogP contribution in [0.3, 0.4) is 0 Å². The Morgan fingerprint density at radius 1 is 0.292 bits per heavy atom. The molecule has 0 aliphatic carbocycles. The SMILES string of the molecule is Sc1nc2c3nc(S)c(S)nc3c3nc(S)c(S)nc3c2nc1S. The largest absolute Gasteiger partial charge is 0.235 e. The van der Waals surface area contributed by atoms with Crippen molar-refractivity contribution in [2.24, 2.45) is 0 Å². The lowest BCUT2D eigenvalue weighted by Gasteiger charge is -2.10. The molecule has 0 atom stereocenters. The Morgan fingerprint density at radius 2 is 0.417 bits per heavy atom. The van der Waals surface area contributed by atoms with Crippen molar-refractivity contribution in [1.29, 1.82) is 0 Å². The first-order chi connectivity index (χ1) is 11.4. The number of rotatable bonds is 0. The summed E-state index contributed by atoms with van der Waals surface area (Å²) in [5.41, 5.74) is 2.86. The topological polar surface area (TPSA) is 77.3 Å². The smallest absolute Gasteiger partial charge is 0.126 e. The van der Waals surface area contributed by atoms with E-state index in [4.69, 9.17) is 0 Å². The van der Waals surface area contributed by atoms with Gasteiger partial charge in [-0.3, -0.25) is 0 Å². The fraction of sp³-hybridized carbons (Fsp3) is 0. The highest BCUT2D eigenvalue weighted by Crippen LogP contribution is 2.34. The molecule has 0 saturated carbocycles. The van der Waals surface area contributed by atoms with E-state index in [1.54, 1.807) is 0 Å². The van der Waals surface area contributed by atoms with E-state index < -0.39 is 0 Å². The minimum Gasteiger partial charge on any atom is -0.235 e. The molecule has 3 aromatic heterocycles. The Kier molecular flexibility index (Phi) is 4.16. The molecule has 0 bridgehead atoms. The summed E-state index contributed by atoms with van der Waals surface area (Å²) in [5.74, 6) is 0. The van der Waals surface area contributed by atoms with Crippen molar-refractivity contribution in [2.75, 3.05) is 0 Å². The number of benzene rings is 1. The van der Waals surface area contributed by atoms with Crippen LogP contribution in [0.2, 0.25) is 0 Å². The second-order valence-corrected chi connectivity index (χ2v) is 7.25. The Labute approximate surface area is 168 Å². The highest BCUT2D eigenvalue weighted by atomic mass is 32.1. The van der Waals surface area contributed by atoms with Crippen LogP contribution in [0.15, 0.2) is 30.2 Å². The predicted molar refractivity (Wildman–Crippen MR) is 109 cm³/mol. The first kappa shape index (κ1) is 16.8. The summed E-state index contributed by atoms with van der Waals surface area (Å²) in [6.45, 7) is 0. The maximum absolute atomic E-state index is 4.43. The van der Waals surface area contributed by atoms with Crippen molar-refractivity contribution in [3.05, 3.63) is 0 Å². The van der Waals surface area contributed by atoms with Crippen LogP contribution in [-0.2, 0) is 0 Å². The zero-order valence-corrected chi connectivity index (χ0v) is 16.7. The number of fused-ring (bicyclic) bond motifs is 6. The lowest BCUT2D eigenvalue weighted by atomic mass is 10.2. The number of hydrogen-bond acceptors (Lipinski definition) is 12. The van der Waals surface area contributed by atoms with Gasteiger partial charge in [-0.1, -0.05) is 0 Å². The van der Waals surface area contributed by atoms with Gasteiger partial charge in [-0.2, -0.15) is 0 Å². The molecule has 120 valence electrons. The highest BCUT2D eigenvalue weighted by molar-refractivity contribution is 7.84. The van der Waals surface area contributed by atoms with E-state index >= 15 is 0 Å². The van der Waals surface area contributed by atoms with Crippen molar-refractivity contribution in [3.63, 3.8) is 0 Å². The van der Waals surface area contributed by atoms with Crippen LogP contribution in [0, 0.1) is 0 Å². The Morgan fingerprint density at radius 3 is 0.542 bits per heavy atom.